The van der Waals surface area contributed by atoms with Crippen molar-refractivity contribution in [3.05, 3.63) is 52.0 Å². The van der Waals surface area contributed by atoms with Crippen LogP contribution in [0.25, 0.3) is 22.3 Å². The van der Waals surface area contributed by atoms with Crippen LogP contribution in [-0.2, 0) is 0 Å². The van der Waals surface area contributed by atoms with E-state index in [-0.39, 0.29) is 0 Å². The SMILES string of the molecule is Cc1ccc(-c2nc(N)c3cc(Cl)cc(Cl)c3n2)cc1. The molecule has 20 heavy (non-hydrogen) atoms. The second-order valence-corrected chi connectivity index (χ2v) is 5.43. The van der Waals surface area contributed by atoms with Crippen molar-refractivity contribution >= 4 is 39.9 Å². The number of nitrogen functional groups attached to an aromatic ring is 1. The highest BCUT2D eigenvalue weighted by Gasteiger charge is 2.11. The van der Waals surface area contributed by atoms with E-state index in [1.807, 2.05) is 31.2 Å². The van der Waals surface area contributed by atoms with Gasteiger partial charge in [0.2, 0.25) is 0 Å². The summed E-state index contributed by atoms with van der Waals surface area (Å²) in [5.41, 5.74) is 8.68. The first-order valence-electron chi connectivity index (χ1n) is 6.04. The second-order valence-electron chi connectivity index (χ2n) is 4.58. The summed E-state index contributed by atoms with van der Waals surface area (Å²) >= 11 is 12.2. The van der Waals surface area contributed by atoms with E-state index in [1.54, 1.807) is 12.1 Å². The van der Waals surface area contributed by atoms with Crippen molar-refractivity contribution < 1.29 is 0 Å². The summed E-state index contributed by atoms with van der Waals surface area (Å²) in [5.74, 6) is 0.925. The molecule has 0 saturated carbocycles. The van der Waals surface area contributed by atoms with E-state index in [1.165, 1.54) is 5.56 Å². The molecule has 1 heterocycles. The van der Waals surface area contributed by atoms with Gasteiger partial charge in [-0.1, -0.05) is 53.0 Å². The fourth-order valence-electron chi connectivity index (χ4n) is 2.01. The van der Waals surface area contributed by atoms with Gasteiger partial charge in [0, 0.05) is 16.0 Å². The fraction of sp³-hybridized carbons (Fsp3) is 0.0667. The molecule has 100 valence electrons. The lowest BCUT2D eigenvalue weighted by molar-refractivity contribution is 1.23. The van der Waals surface area contributed by atoms with Gasteiger partial charge in [0.25, 0.3) is 0 Å². The number of hydrogen-bond donors (Lipinski definition) is 1. The molecule has 0 spiro atoms. The maximum Gasteiger partial charge on any atom is 0.162 e. The molecule has 3 nitrogen and oxygen atoms in total. The summed E-state index contributed by atoms with van der Waals surface area (Å²) in [6, 6.07) is 11.3. The number of halogens is 2. The fourth-order valence-corrected chi connectivity index (χ4v) is 2.55. The normalized spacial score (nSPS) is 10.9. The molecule has 0 aliphatic rings. The van der Waals surface area contributed by atoms with E-state index >= 15 is 0 Å². The Labute approximate surface area is 126 Å². The molecule has 0 unspecified atom stereocenters. The van der Waals surface area contributed by atoms with Crippen molar-refractivity contribution in [1.29, 1.82) is 0 Å². The number of benzene rings is 2. The average molecular weight is 304 g/mol. The lowest BCUT2D eigenvalue weighted by Gasteiger charge is -2.07. The number of aryl methyl sites for hydroxylation is 1. The molecule has 0 atom stereocenters. The van der Waals surface area contributed by atoms with Gasteiger partial charge in [-0.2, -0.15) is 0 Å². The molecule has 0 aliphatic carbocycles. The van der Waals surface area contributed by atoms with Gasteiger partial charge < -0.3 is 5.73 Å². The zero-order valence-corrected chi connectivity index (χ0v) is 12.2. The third-order valence-corrected chi connectivity index (χ3v) is 3.56. The van der Waals surface area contributed by atoms with Crippen LogP contribution in [0.1, 0.15) is 5.56 Å². The molecule has 0 aliphatic heterocycles. The summed E-state index contributed by atoms with van der Waals surface area (Å²) in [6.45, 7) is 2.03. The summed E-state index contributed by atoms with van der Waals surface area (Å²) in [6.07, 6.45) is 0. The number of nitrogens with zero attached hydrogens (tertiary/aromatic N) is 2. The molecule has 3 aromatic rings. The number of rotatable bonds is 1. The van der Waals surface area contributed by atoms with Crippen LogP contribution >= 0.6 is 23.2 Å². The highest BCUT2D eigenvalue weighted by molar-refractivity contribution is 6.38. The zero-order chi connectivity index (χ0) is 14.3. The van der Waals surface area contributed by atoms with Crippen molar-refractivity contribution in [2.45, 2.75) is 6.92 Å². The van der Waals surface area contributed by atoms with Crippen LogP contribution in [0.15, 0.2) is 36.4 Å². The van der Waals surface area contributed by atoms with E-state index < -0.39 is 0 Å². The Balaban J connectivity index is 2.26. The predicted molar refractivity (Wildman–Crippen MR) is 84.1 cm³/mol. The smallest absolute Gasteiger partial charge is 0.162 e. The number of anilines is 1. The molecule has 3 rings (SSSR count). The van der Waals surface area contributed by atoms with Crippen LogP contribution in [0.2, 0.25) is 10.0 Å². The van der Waals surface area contributed by atoms with Crippen molar-refractivity contribution in [3.63, 3.8) is 0 Å². The van der Waals surface area contributed by atoms with E-state index in [9.17, 15) is 0 Å². The van der Waals surface area contributed by atoms with Gasteiger partial charge in [0.15, 0.2) is 5.82 Å². The van der Waals surface area contributed by atoms with Crippen molar-refractivity contribution in [2.75, 3.05) is 5.73 Å². The van der Waals surface area contributed by atoms with Gasteiger partial charge in [-0.25, -0.2) is 9.97 Å². The number of nitrogens with two attached hydrogens (primary N) is 1. The predicted octanol–water partition coefficient (Wildman–Crippen LogP) is 4.49. The van der Waals surface area contributed by atoms with E-state index in [0.717, 1.165) is 5.56 Å². The Kier molecular flexibility index (Phi) is 3.24. The summed E-state index contributed by atoms with van der Waals surface area (Å²) < 4.78 is 0. The molecule has 0 bridgehead atoms. The number of hydrogen-bond acceptors (Lipinski definition) is 3. The van der Waals surface area contributed by atoms with Crippen LogP contribution in [0.3, 0.4) is 0 Å². The third kappa shape index (κ3) is 2.30. The molecule has 0 saturated heterocycles. The van der Waals surface area contributed by atoms with E-state index in [0.29, 0.717) is 32.6 Å². The monoisotopic (exact) mass is 303 g/mol. The van der Waals surface area contributed by atoms with Gasteiger partial charge in [-0.15, -0.1) is 0 Å². The third-order valence-electron chi connectivity index (χ3n) is 3.06. The molecule has 2 N–H and O–H groups in total. The molecule has 2 aromatic carbocycles. The van der Waals surface area contributed by atoms with E-state index in [4.69, 9.17) is 28.9 Å². The minimum atomic E-state index is 0.370. The number of fused-ring (bicyclic) bond motifs is 1. The largest absolute Gasteiger partial charge is 0.383 e. The highest BCUT2D eigenvalue weighted by Crippen LogP contribution is 2.31. The van der Waals surface area contributed by atoms with E-state index in [2.05, 4.69) is 9.97 Å². The molecule has 0 fully saturated rings. The Morgan fingerprint density at radius 1 is 1.00 bits per heavy atom. The Bertz CT molecular complexity index is 798. The van der Waals surface area contributed by atoms with Gasteiger partial charge in [0.1, 0.15) is 5.82 Å². The molecule has 1 aromatic heterocycles. The quantitative estimate of drug-likeness (QED) is 0.720. The molecule has 5 heteroatoms. The van der Waals surface area contributed by atoms with Crippen LogP contribution in [-0.4, -0.2) is 9.97 Å². The Morgan fingerprint density at radius 3 is 2.40 bits per heavy atom. The minimum absolute atomic E-state index is 0.370. The standard InChI is InChI=1S/C15H11Cl2N3/c1-8-2-4-9(5-3-8)15-19-13-11(14(18)20-15)6-10(16)7-12(13)17/h2-7H,1H3,(H2,18,19,20). The van der Waals surface area contributed by atoms with Gasteiger partial charge in [-0.3, -0.25) is 0 Å². The van der Waals surface area contributed by atoms with Crippen LogP contribution in [0.4, 0.5) is 5.82 Å². The van der Waals surface area contributed by atoms with Gasteiger partial charge >= 0.3 is 0 Å². The lowest BCUT2D eigenvalue weighted by atomic mass is 10.1. The van der Waals surface area contributed by atoms with Gasteiger partial charge in [-0.05, 0) is 19.1 Å². The summed E-state index contributed by atoms with van der Waals surface area (Å²) in [4.78, 5) is 8.83. The first kappa shape index (κ1) is 13.2. The van der Waals surface area contributed by atoms with Gasteiger partial charge in [0.05, 0.1) is 10.5 Å². The van der Waals surface area contributed by atoms with Crippen LogP contribution in [0.5, 0.6) is 0 Å². The van der Waals surface area contributed by atoms with Crippen molar-refractivity contribution in [2.24, 2.45) is 0 Å². The Morgan fingerprint density at radius 2 is 1.70 bits per heavy atom. The second kappa shape index (κ2) is 4.93. The lowest BCUT2D eigenvalue weighted by Crippen LogP contribution is -1.98. The van der Waals surface area contributed by atoms with Crippen molar-refractivity contribution in [3.8, 4) is 11.4 Å². The first-order chi connectivity index (χ1) is 9.54. The average Bonchev–Trinajstić information content (AvgIpc) is 2.40. The molecular weight excluding hydrogens is 293 g/mol. The van der Waals surface area contributed by atoms with Crippen LogP contribution < -0.4 is 5.73 Å². The maximum atomic E-state index is 6.19. The molecular formula is C15H11Cl2N3. The topological polar surface area (TPSA) is 51.8 Å². The zero-order valence-electron chi connectivity index (χ0n) is 10.7. The maximum absolute atomic E-state index is 6.19. The first-order valence-corrected chi connectivity index (χ1v) is 6.79. The Hall–Kier alpha value is -1.84. The minimum Gasteiger partial charge on any atom is -0.383 e. The molecule has 0 radical (unpaired) electrons. The van der Waals surface area contributed by atoms with Crippen molar-refractivity contribution in [1.82, 2.24) is 9.97 Å². The molecule has 0 amide bonds. The number of aromatic nitrogens is 2. The summed E-state index contributed by atoms with van der Waals surface area (Å²) in [7, 11) is 0. The summed E-state index contributed by atoms with van der Waals surface area (Å²) in [5, 5.41) is 1.65. The van der Waals surface area contributed by atoms with Crippen LogP contribution in [0, 0.1) is 6.92 Å². The highest BCUT2D eigenvalue weighted by atomic mass is 35.5.